The molecule has 0 aliphatic rings. The molecule has 94 valence electrons. The van der Waals surface area contributed by atoms with Gasteiger partial charge in [-0.15, -0.1) is 11.3 Å². The summed E-state index contributed by atoms with van der Waals surface area (Å²) in [5.41, 5.74) is 0.966. The predicted molar refractivity (Wildman–Crippen MR) is 80.5 cm³/mol. The maximum absolute atomic E-state index is 12.0. The third kappa shape index (κ3) is 2.25. The molecule has 0 N–H and O–H groups in total. The van der Waals surface area contributed by atoms with Gasteiger partial charge < -0.3 is 4.42 Å². The molecule has 0 fully saturated rings. The molecule has 3 rings (SSSR count). The van der Waals surface area contributed by atoms with Gasteiger partial charge in [-0.2, -0.15) is 0 Å². The van der Waals surface area contributed by atoms with Crippen molar-refractivity contribution in [2.45, 2.75) is 6.92 Å². The summed E-state index contributed by atoms with van der Waals surface area (Å²) in [6.07, 6.45) is 4.01. The summed E-state index contributed by atoms with van der Waals surface area (Å²) in [6, 6.07) is 13.4. The van der Waals surface area contributed by atoms with E-state index < -0.39 is 0 Å². The maximum atomic E-state index is 12.0. The van der Waals surface area contributed by atoms with Gasteiger partial charge in [-0.3, -0.25) is 0 Å². The SMILES string of the molecule is CC=Cc1ccc(-c2cc3ccccc3oc2=O)s1. The van der Waals surface area contributed by atoms with E-state index in [1.54, 1.807) is 17.4 Å². The Labute approximate surface area is 114 Å². The first kappa shape index (κ1) is 11.9. The van der Waals surface area contributed by atoms with Crippen molar-refractivity contribution in [3.8, 4) is 10.4 Å². The van der Waals surface area contributed by atoms with Crippen LogP contribution < -0.4 is 5.63 Å². The van der Waals surface area contributed by atoms with Gasteiger partial charge in [0, 0.05) is 15.1 Å². The Bertz CT molecular complexity index is 809. The van der Waals surface area contributed by atoms with Crippen LogP contribution in [0.15, 0.2) is 57.8 Å². The van der Waals surface area contributed by atoms with E-state index in [1.807, 2.05) is 55.5 Å². The minimum atomic E-state index is -0.285. The summed E-state index contributed by atoms with van der Waals surface area (Å²) in [7, 11) is 0. The number of hydrogen-bond acceptors (Lipinski definition) is 3. The van der Waals surface area contributed by atoms with Crippen molar-refractivity contribution in [1.82, 2.24) is 0 Å². The summed E-state index contributed by atoms with van der Waals surface area (Å²) < 4.78 is 5.35. The third-order valence-corrected chi connectivity index (χ3v) is 3.95. The van der Waals surface area contributed by atoms with E-state index in [4.69, 9.17) is 4.42 Å². The van der Waals surface area contributed by atoms with E-state index in [1.165, 1.54) is 0 Å². The highest BCUT2D eigenvalue weighted by Gasteiger charge is 2.09. The van der Waals surface area contributed by atoms with E-state index in [9.17, 15) is 4.79 Å². The van der Waals surface area contributed by atoms with Gasteiger partial charge in [-0.05, 0) is 37.3 Å². The standard InChI is InChI=1S/C16H12O2S/c1-2-5-12-8-9-15(19-12)13-10-11-6-3-4-7-14(11)18-16(13)17/h2-10H,1H3. The smallest absolute Gasteiger partial charge is 0.345 e. The zero-order valence-corrected chi connectivity index (χ0v) is 11.2. The van der Waals surface area contributed by atoms with Crippen LogP contribution >= 0.6 is 11.3 Å². The Morgan fingerprint density at radius 3 is 2.84 bits per heavy atom. The summed E-state index contributed by atoms with van der Waals surface area (Å²) in [6.45, 7) is 1.98. The molecule has 1 aromatic carbocycles. The quantitative estimate of drug-likeness (QED) is 0.638. The van der Waals surface area contributed by atoms with E-state index in [0.29, 0.717) is 11.1 Å². The van der Waals surface area contributed by atoms with E-state index in [-0.39, 0.29) is 5.63 Å². The van der Waals surface area contributed by atoms with Crippen molar-refractivity contribution < 1.29 is 4.42 Å². The van der Waals surface area contributed by atoms with Crippen LogP contribution in [0.5, 0.6) is 0 Å². The van der Waals surface area contributed by atoms with Gasteiger partial charge in [-0.1, -0.05) is 24.3 Å². The lowest BCUT2D eigenvalue weighted by molar-refractivity contribution is 0.564. The minimum Gasteiger partial charge on any atom is -0.422 e. The van der Waals surface area contributed by atoms with E-state index >= 15 is 0 Å². The molecule has 0 saturated carbocycles. The minimum absolute atomic E-state index is 0.285. The van der Waals surface area contributed by atoms with Crippen LogP contribution in [0.2, 0.25) is 0 Å². The molecular formula is C16H12O2S. The van der Waals surface area contributed by atoms with Crippen LogP contribution in [0.1, 0.15) is 11.8 Å². The Balaban J connectivity index is 2.18. The second-order valence-corrected chi connectivity index (χ2v) is 5.30. The molecule has 2 nitrogen and oxygen atoms in total. The van der Waals surface area contributed by atoms with Crippen molar-refractivity contribution in [2.75, 3.05) is 0 Å². The first-order valence-electron chi connectivity index (χ1n) is 6.04. The van der Waals surface area contributed by atoms with Gasteiger partial charge >= 0.3 is 5.63 Å². The van der Waals surface area contributed by atoms with Gasteiger partial charge in [0.25, 0.3) is 0 Å². The number of allylic oxidation sites excluding steroid dienone is 1. The largest absolute Gasteiger partial charge is 0.422 e. The molecule has 0 atom stereocenters. The second kappa shape index (κ2) is 4.86. The number of rotatable bonds is 2. The molecule has 0 saturated heterocycles. The highest BCUT2D eigenvalue weighted by molar-refractivity contribution is 7.16. The number of thiophene rings is 1. The zero-order valence-electron chi connectivity index (χ0n) is 10.4. The lowest BCUT2D eigenvalue weighted by Gasteiger charge is -1.99. The van der Waals surface area contributed by atoms with Crippen molar-refractivity contribution in [1.29, 1.82) is 0 Å². The maximum Gasteiger partial charge on any atom is 0.345 e. The van der Waals surface area contributed by atoms with Crippen LogP contribution in [0.25, 0.3) is 27.5 Å². The number of hydrogen-bond donors (Lipinski definition) is 0. The molecule has 2 heterocycles. The first-order valence-corrected chi connectivity index (χ1v) is 6.85. The Hall–Kier alpha value is -2.13. The number of fused-ring (bicyclic) bond motifs is 1. The van der Waals surface area contributed by atoms with Crippen LogP contribution in [0, 0.1) is 0 Å². The summed E-state index contributed by atoms with van der Waals surface area (Å²) in [5.74, 6) is 0. The molecule has 0 aliphatic carbocycles. The number of para-hydroxylation sites is 1. The van der Waals surface area contributed by atoms with Crippen molar-refractivity contribution >= 4 is 28.4 Å². The van der Waals surface area contributed by atoms with E-state index in [0.717, 1.165) is 15.1 Å². The Morgan fingerprint density at radius 1 is 1.16 bits per heavy atom. The lowest BCUT2D eigenvalue weighted by Crippen LogP contribution is -2.01. The molecule has 3 heteroatoms. The van der Waals surface area contributed by atoms with Crippen molar-refractivity contribution in [2.24, 2.45) is 0 Å². The lowest BCUT2D eigenvalue weighted by atomic mass is 10.1. The van der Waals surface area contributed by atoms with Crippen molar-refractivity contribution in [3.05, 3.63) is 63.8 Å². The highest BCUT2D eigenvalue weighted by Crippen LogP contribution is 2.28. The predicted octanol–water partition coefficient (Wildman–Crippen LogP) is 4.55. The van der Waals surface area contributed by atoms with Crippen molar-refractivity contribution in [3.63, 3.8) is 0 Å². The fourth-order valence-corrected chi connectivity index (χ4v) is 2.97. The fourth-order valence-electron chi connectivity index (χ4n) is 1.99. The Morgan fingerprint density at radius 2 is 2.00 bits per heavy atom. The molecule has 0 amide bonds. The zero-order chi connectivity index (χ0) is 13.2. The second-order valence-electron chi connectivity index (χ2n) is 4.19. The Kier molecular flexibility index (Phi) is 3.05. The van der Waals surface area contributed by atoms with Gasteiger partial charge in [0.05, 0.1) is 5.56 Å². The molecule has 3 aromatic rings. The first-order chi connectivity index (χ1) is 9.28. The summed E-state index contributed by atoms with van der Waals surface area (Å²) in [5, 5.41) is 0.943. The van der Waals surface area contributed by atoms with Gasteiger partial charge in [0.1, 0.15) is 5.58 Å². The average molecular weight is 268 g/mol. The molecular weight excluding hydrogens is 256 g/mol. The summed E-state index contributed by atoms with van der Waals surface area (Å²) in [4.78, 5) is 14.1. The molecule has 0 spiro atoms. The van der Waals surface area contributed by atoms with Crippen LogP contribution in [0.4, 0.5) is 0 Å². The van der Waals surface area contributed by atoms with Gasteiger partial charge in [0.15, 0.2) is 0 Å². The van der Waals surface area contributed by atoms with Crippen LogP contribution in [-0.2, 0) is 0 Å². The molecule has 0 bridgehead atoms. The topological polar surface area (TPSA) is 30.2 Å². The van der Waals surface area contributed by atoms with Gasteiger partial charge in [-0.25, -0.2) is 4.79 Å². The molecule has 0 aliphatic heterocycles. The fraction of sp³-hybridized carbons (Fsp3) is 0.0625. The van der Waals surface area contributed by atoms with Gasteiger partial charge in [0.2, 0.25) is 0 Å². The number of benzene rings is 1. The van der Waals surface area contributed by atoms with Crippen LogP contribution in [-0.4, -0.2) is 0 Å². The molecule has 19 heavy (non-hydrogen) atoms. The average Bonchev–Trinajstić information content (AvgIpc) is 2.87. The summed E-state index contributed by atoms with van der Waals surface area (Å²) >= 11 is 1.59. The highest BCUT2D eigenvalue weighted by atomic mass is 32.1. The molecule has 0 radical (unpaired) electrons. The molecule has 0 unspecified atom stereocenters. The molecule has 2 aromatic heterocycles. The normalized spacial score (nSPS) is 11.4. The van der Waals surface area contributed by atoms with E-state index in [2.05, 4.69) is 0 Å². The monoisotopic (exact) mass is 268 g/mol. The van der Waals surface area contributed by atoms with Crippen LogP contribution in [0.3, 0.4) is 0 Å². The third-order valence-electron chi connectivity index (χ3n) is 2.86.